The van der Waals surface area contributed by atoms with Crippen molar-refractivity contribution in [1.82, 2.24) is 4.90 Å². The van der Waals surface area contributed by atoms with E-state index in [0.717, 1.165) is 60.8 Å². The number of hydrogen-bond acceptors (Lipinski definition) is 4. The van der Waals surface area contributed by atoms with Crippen molar-refractivity contribution in [3.8, 4) is 17.2 Å². The quantitative estimate of drug-likeness (QED) is 0.643. The number of thiocarbonyl (C=S) groups is 1. The maximum Gasteiger partial charge on any atom is 0.173 e. The molecule has 2 N–H and O–H groups in total. The molecule has 2 aromatic rings. The third-order valence-corrected chi connectivity index (χ3v) is 5.32. The van der Waals surface area contributed by atoms with Gasteiger partial charge in [-0.1, -0.05) is 0 Å². The fraction of sp³-hybridized carbons (Fsp3) is 0.409. The van der Waals surface area contributed by atoms with Crippen LogP contribution in [0.1, 0.15) is 6.92 Å². The topological polar surface area (TPSA) is 47.4 Å². The van der Waals surface area contributed by atoms with Gasteiger partial charge in [0.1, 0.15) is 30.4 Å². The fourth-order valence-corrected chi connectivity index (χ4v) is 3.57. The standard InChI is InChI=1S/C22H29N3O3S/c1-3-27-20-6-4-18(5-7-20)23-22(29)25-14-12-24(13-15-25)16-17-28-21-10-8-19(26-2)9-11-21/h4-11H,3,12-17H2,1-2H3,(H,23,29)/p+1. The summed E-state index contributed by atoms with van der Waals surface area (Å²) in [6.45, 7) is 8.34. The normalized spacial score (nSPS) is 14.3. The molecule has 1 aliphatic rings. The van der Waals surface area contributed by atoms with Gasteiger partial charge in [-0.15, -0.1) is 0 Å². The molecule has 1 aliphatic heterocycles. The Labute approximate surface area is 178 Å². The van der Waals surface area contributed by atoms with Crippen molar-refractivity contribution in [2.24, 2.45) is 0 Å². The van der Waals surface area contributed by atoms with Gasteiger partial charge in [-0.05, 0) is 67.7 Å². The number of piperazine rings is 1. The molecule has 0 atom stereocenters. The van der Waals surface area contributed by atoms with Gasteiger partial charge in [0.2, 0.25) is 0 Å². The number of quaternary nitrogens is 1. The second-order valence-electron chi connectivity index (χ2n) is 6.90. The van der Waals surface area contributed by atoms with Gasteiger partial charge in [-0.25, -0.2) is 0 Å². The molecule has 0 unspecified atom stereocenters. The molecule has 29 heavy (non-hydrogen) atoms. The van der Waals surface area contributed by atoms with Gasteiger partial charge < -0.3 is 29.3 Å². The lowest BCUT2D eigenvalue weighted by atomic mass is 10.3. The number of anilines is 1. The maximum absolute atomic E-state index is 5.85. The molecule has 0 saturated carbocycles. The summed E-state index contributed by atoms with van der Waals surface area (Å²) in [7, 11) is 1.66. The van der Waals surface area contributed by atoms with Crippen molar-refractivity contribution in [3.63, 3.8) is 0 Å². The van der Waals surface area contributed by atoms with E-state index in [-0.39, 0.29) is 0 Å². The van der Waals surface area contributed by atoms with Crippen LogP contribution in [0.2, 0.25) is 0 Å². The second kappa shape index (κ2) is 10.9. The van der Waals surface area contributed by atoms with Crippen molar-refractivity contribution in [1.29, 1.82) is 0 Å². The molecule has 7 heteroatoms. The first-order valence-corrected chi connectivity index (χ1v) is 10.5. The Morgan fingerprint density at radius 2 is 1.55 bits per heavy atom. The zero-order valence-electron chi connectivity index (χ0n) is 17.1. The number of hydrogen-bond donors (Lipinski definition) is 2. The molecule has 0 spiro atoms. The highest BCUT2D eigenvalue weighted by Crippen LogP contribution is 2.17. The Morgan fingerprint density at radius 3 is 2.17 bits per heavy atom. The summed E-state index contributed by atoms with van der Waals surface area (Å²) in [6, 6.07) is 15.6. The largest absolute Gasteiger partial charge is 0.497 e. The summed E-state index contributed by atoms with van der Waals surface area (Å²) in [4.78, 5) is 3.78. The molecule has 156 valence electrons. The number of rotatable bonds is 8. The number of ether oxygens (including phenoxy) is 3. The Balaban J connectivity index is 1.36. The average molecular weight is 417 g/mol. The van der Waals surface area contributed by atoms with Crippen molar-refractivity contribution >= 4 is 23.0 Å². The Morgan fingerprint density at radius 1 is 0.966 bits per heavy atom. The van der Waals surface area contributed by atoms with E-state index in [4.69, 9.17) is 26.4 Å². The van der Waals surface area contributed by atoms with Crippen LogP contribution in [0.15, 0.2) is 48.5 Å². The first-order chi connectivity index (χ1) is 14.2. The molecule has 0 amide bonds. The summed E-state index contributed by atoms with van der Waals surface area (Å²) in [5.41, 5.74) is 0.987. The second-order valence-corrected chi connectivity index (χ2v) is 7.29. The molecule has 1 saturated heterocycles. The van der Waals surface area contributed by atoms with Crippen LogP contribution < -0.4 is 24.4 Å². The molecule has 0 bridgehead atoms. The Hall–Kier alpha value is -2.51. The highest BCUT2D eigenvalue weighted by molar-refractivity contribution is 7.80. The summed E-state index contributed by atoms with van der Waals surface area (Å²) in [5, 5.41) is 4.11. The molecular weight excluding hydrogens is 386 g/mol. The van der Waals surface area contributed by atoms with Gasteiger partial charge in [0, 0.05) is 5.69 Å². The van der Waals surface area contributed by atoms with Crippen LogP contribution in [-0.2, 0) is 0 Å². The van der Waals surface area contributed by atoms with E-state index in [1.807, 2.05) is 55.5 Å². The number of benzene rings is 2. The summed E-state index contributed by atoms with van der Waals surface area (Å²) >= 11 is 5.59. The first-order valence-electron chi connectivity index (χ1n) is 10.1. The molecule has 0 aromatic heterocycles. The van der Waals surface area contributed by atoms with E-state index in [2.05, 4.69) is 10.2 Å². The third kappa shape index (κ3) is 6.51. The lowest BCUT2D eigenvalue weighted by molar-refractivity contribution is -0.903. The zero-order chi connectivity index (χ0) is 20.5. The van der Waals surface area contributed by atoms with Gasteiger partial charge in [0.25, 0.3) is 0 Å². The van der Waals surface area contributed by atoms with Crippen LogP contribution in [-0.4, -0.2) is 63.1 Å². The zero-order valence-corrected chi connectivity index (χ0v) is 18.0. The van der Waals surface area contributed by atoms with Crippen LogP contribution in [0, 0.1) is 0 Å². The van der Waals surface area contributed by atoms with E-state index in [9.17, 15) is 0 Å². The highest BCUT2D eigenvalue weighted by atomic mass is 32.1. The fourth-order valence-electron chi connectivity index (χ4n) is 3.26. The predicted molar refractivity (Wildman–Crippen MR) is 119 cm³/mol. The monoisotopic (exact) mass is 416 g/mol. The van der Waals surface area contributed by atoms with Gasteiger partial charge in [-0.3, -0.25) is 0 Å². The SMILES string of the molecule is CCOc1ccc(NC(=S)N2CC[NH+](CCOc3ccc(OC)cc3)CC2)cc1. The summed E-state index contributed by atoms with van der Waals surface area (Å²) in [5.74, 6) is 2.59. The van der Waals surface area contributed by atoms with Gasteiger partial charge >= 0.3 is 0 Å². The van der Waals surface area contributed by atoms with Crippen LogP contribution in [0.4, 0.5) is 5.69 Å². The lowest BCUT2D eigenvalue weighted by Gasteiger charge is -2.33. The summed E-state index contributed by atoms with van der Waals surface area (Å²) in [6.07, 6.45) is 0. The smallest absolute Gasteiger partial charge is 0.173 e. The molecule has 0 aliphatic carbocycles. The number of methoxy groups -OCH3 is 1. The van der Waals surface area contributed by atoms with Crippen LogP contribution >= 0.6 is 12.2 Å². The summed E-state index contributed by atoms with van der Waals surface area (Å²) < 4.78 is 16.5. The van der Waals surface area contributed by atoms with Crippen molar-refractivity contribution in [2.75, 3.05) is 58.4 Å². The van der Waals surface area contributed by atoms with E-state index < -0.39 is 0 Å². The average Bonchev–Trinajstić information content (AvgIpc) is 2.76. The first kappa shape index (κ1) is 21.2. The third-order valence-electron chi connectivity index (χ3n) is 4.96. The molecule has 6 nitrogen and oxygen atoms in total. The van der Waals surface area contributed by atoms with Crippen molar-refractivity contribution in [3.05, 3.63) is 48.5 Å². The minimum atomic E-state index is 0.670. The van der Waals surface area contributed by atoms with Gasteiger partial charge in [0.15, 0.2) is 5.11 Å². The van der Waals surface area contributed by atoms with E-state index in [1.165, 1.54) is 0 Å². The number of nitrogens with zero attached hydrogens (tertiary/aromatic N) is 1. The molecule has 1 fully saturated rings. The van der Waals surface area contributed by atoms with Gasteiger partial charge in [0.05, 0.1) is 39.9 Å². The molecule has 2 aromatic carbocycles. The van der Waals surface area contributed by atoms with Crippen LogP contribution in [0.3, 0.4) is 0 Å². The Kier molecular flexibility index (Phi) is 7.95. The number of nitrogens with one attached hydrogen (secondary N) is 2. The lowest BCUT2D eigenvalue weighted by Crippen LogP contribution is -3.15. The van der Waals surface area contributed by atoms with E-state index in [0.29, 0.717) is 13.2 Å². The van der Waals surface area contributed by atoms with Crippen LogP contribution in [0.5, 0.6) is 17.2 Å². The van der Waals surface area contributed by atoms with Crippen LogP contribution in [0.25, 0.3) is 0 Å². The molecule has 3 rings (SSSR count). The van der Waals surface area contributed by atoms with Crippen molar-refractivity contribution in [2.45, 2.75) is 6.92 Å². The Bertz CT molecular complexity index is 760. The molecule has 0 radical (unpaired) electrons. The van der Waals surface area contributed by atoms with Crippen molar-refractivity contribution < 1.29 is 19.1 Å². The highest BCUT2D eigenvalue weighted by Gasteiger charge is 2.21. The predicted octanol–water partition coefficient (Wildman–Crippen LogP) is 2.07. The maximum atomic E-state index is 5.85. The minimum absolute atomic E-state index is 0.670. The van der Waals surface area contributed by atoms with E-state index in [1.54, 1.807) is 12.0 Å². The van der Waals surface area contributed by atoms with E-state index >= 15 is 0 Å². The molecular formula is C22H30N3O3S+. The van der Waals surface area contributed by atoms with Gasteiger partial charge in [-0.2, -0.15) is 0 Å². The minimum Gasteiger partial charge on any atom is -0.497 e. The molecule has 1 heterocycles.